The first-order valence-corrected chi connectivity index (χ1v) is 8.36. The van der Waals surface area contributed by atoms with Gasteiger partial charge in [-0.05, 0) is 37.0 Å². The second-order valence-corrected chi connectivity index (χ2v) is 6.56. The molecule has 0 bridgehead atoms. The van der Waals surface area contributed by atoms with Crippen molar-refractivity contribution in [3.63, 3.8) is 0 Å². The van der Waals surface area contributed by atoms with E-state index in [4.69, 9.17) is 9.47 Å². The quantitative estimate of drug-likeness (QED) is 0.917. The van der Waals surface area contributed by atoms with Crippen molar-refractivity contribution in [3.8, 4) is 5.75 Å². The molecule has 1 aliphatic heterocycles. The number of nitrogens with one attached hydrogen (secondary N) is 1. The lowest BCUT2D eigenvalue weighted by molar-refractivity contribution is 0.0158. The molecule has 0 amide bonds. The van der Waals surface area contributed by atoms with E-state index in [0.29, 0.717) is 5.41 Å². The fraction of sp³-hybridized carbons (Fsp3) is 0.667. The molecule has 1 spiro atoms. The van der Waals surface area contributed by atoms with Gasteiger partial charge in [0.1, 0.15) is 5.75 Å². The molecular formula is C18H27NO2. The van der Waals surface area contributed by atoms with Gasteiger partial charge in [-0.2, -0.15) is 0 Å². The van der Waals surface area contributed by atoms with Crippen LogP contribution in [0.3, 0.4) is 0 Å². The Kier molecular flexibility index (Phi) is 4.81. The molecule has 1 aliphatic carbocycles. The van der Waals surface area contributed by atoms with Gasteiger partial charge in [-0.15, -0.1) is 0 Å². The second kappa shape index (κ2) is 6.80. The fourth-order valence-electron chi connectivity index (χ4n) is 3.51. The zero-order valence-electron chi connectivity index (χ0n) is 13.1. The predicted molar refractivity (Wildman–Crippen MR) is 84.7 cm³/mol. The molecule has 1 saturated carbocycles. The minimum Gasteiger partial charge on any atom is -0.494 e. The van der Waals surface area contributed by atoms with Crippen LogP contribution >= 0.6 is 0 Å². The Morgan fingerprint density at radius 2 is 2.00 bits per heavy atom. The van der Waals surface area contributed by atoms with Crippen LogP contribution in [-0.2, 0) is 4.74 Å². The fourth-order valence-corrected chi connectivity index (χ4v) is 3.51. The molecule has 116 valence electrons. The van der Waals surface area contributed by atoms with Crippen molar-refractivity contribution >= 4 is 0 Å². The third-order valence-corrected chi connectivity index (χ3v) is 4.81. The van der Waals surface area contributed by atoms with Crippen LogP contribution in [0.2, 0.25) is 0 Å². The first-order chi connectivity index (χ1) is 10.3. The van der Waals surface area contributed by atoms with Gasteiger partial charge in [0.15, 0.2) is 0 Å². The molecule has 1 aromatic rings. The molecule has 3 nitrogen and oxygen atoms in total. The number of hydrogen-bond donors (Lipinski definition) is 1. The summed E-state index contributed by atoms with van der Waals surface area (Å²) in [6.07, 6.45) is 6.57. The van der Waals surface area contributed by atoms with Gasteiger partial charge in [0.25, 0.3) is 0 Å². The molecule has 3 rings (SSSR count). The van der Waals surface area contributed by atoms with E-state index in [-0.39, 0.29) is 6.10 Å². The number of benzene rings is 1. The Balaban J connectivity index is 1.61. The van der Waals surface area contributed by atoms with E-state index in [1.807, 2.05) is 0 Å². The Labute approximate surface area is 128 Å². The van der Waals surface area contributed by atoms with Crippen LogP contribution in [0, 0.1) is 5.41 Å². The molecule has 0 radical (unpaired) electrons. The average Bonchev–Trinajstić information content (AvgIpc) is 2.87. The van der Waals surface area contributed by atoms with Gasteiger partial charge in [0.05, 0.1) is 19.3 Å². The lowest BCUT2D eigenvalue weighted by atomic mass is 9.87. The van der Waals surface area contributed by atoms with Crippen LogP contribution < -0.4 is 10.1 Å². The van der Waals surface area contributed by atoms with Crippen LogP contribution in [-0.4, -0.2) is 26.3 Å². The Morgan fingerprint density at radius 1 is 1.24 bits per heavy atom. The Hall–Kier alpha value is -1.06. The van der Waals surface area contributed by atoms with Crippen LogP contribution in [0.4, 0.5) is 0 Å². The molecule has 1 unspecified atom stereocenters. The van der Waals surface area contributed by atoms with Gasteiger partial charge < -0.3 is 14.8 Å². The maximum absolute atomic E-state index is 6.24. The smallest absolute Gasteiger partial charge is 0.119 e. The summed E-state index contributed by atoms with van der Waals surface area (Å²) in [6, 6.07) is 8.41. The maximum Gasteiger partial charge on any atom is 0.119 e. The number of ether oxygens (including phenoxy) is 2. The molecule has 0 aromatic heterocycles. The van der Waals surface area contributed by atoms with Crippen molar-refractivity contribution in [1.29, 1.82) is 0 Å². The monoisotopic (exact) mass is 289 g/mol. The van der Waals surface area contributed by atoms with Crippen molar-refractivity contribution in [2.75, 3.05) is 26.3 Å². The summed E-state index contributed by atoms with van der Waals surface area (Å²) in [5.41, 5.74) is 1.65. The van der Waals surface area contributed by atoms with E-state index in [1.165, 1.54) is 31.2 Å². The van der Waals surface area contributed by atoms with Gasteiger partial charge in [0.2, 0.25) is 0 Å². The Bertz CT molecular complexity index is 437. The summed E-state index contributed by atoms with van der Waals surface area (Å²) in [6.45, 7) is 5.83. The SMILES string of the molecule is CCCOc1ccc(C2CNCC3(CCCC3)CO2)cc1. The van der Waals surface area contributed by atoms with Gasteiger partial charge in [-0.3, -0.25) is 0 Å². The normalized spacial score (nSPS) is 24.9. The van der Waals surface area contributed by atoms with Gasteiger partial charge in [-0.25, -0.2) is 0 Å². The van der Waals surface area contributed by atoms with Crippen molar-refractivity contribution < 1.29 is 9.47 Å². The second-order valence-electron chi connectivity index (χ2n) is 6.56. The highest BCUT2D eigenvalue weighted by molar-refractivity contribution is 5.29. The summed E-state index contributed by atoms with van der Waals surface area (Å²) in [7, 11) is 0. The highest BCUT2D eigenvalue weighted by Crippen LogP contribution is 2.40. The lowest BCUT2D eigenvalue weighted by Crippen LogP contribution is -2.32. The Morgan fingerprint density at radius 3 is 2.71 bits per heavy atom. The highest BCUT2D eigenvalue weighted by Gasteiger charge is 2.36. The van der Waals surface area contributed by atoms with Crippen molar-refractivity contribution in [1.82, 2.24) is 5.32 Å². The maximum atomic E-state index is 6.24. The van der Waals surface area contributed by atoms with Gasteiger partial charge >= 0.3 is 0 Å². The summed E-state index contributed by atoms with van der Waals surface area (Å²) in [5, 5.41) is 3.62. The highest BCUT2D eigenvalue weighted by atomic mass is 16.5. The average molecular weight is 289 g/mol. The lowest BCUT2D eigenvalue weighted by Gasteiger charge is -2.26. The first kappa shape index (κ1) is 14.9. The molecule has 21 heavy (non-hydrogen) atoms. The predicted octanol–water partition coefficient (Wildman–Crippen LogP) is 3.70. The standard InChI is InChI=1S/C18H27NO2/c1-2-11-20-16-7-5-15(6-8-16)17-12-19-13-18(14-21-17)9-3-4-10-18/h5-8,17,19H,2-4,9-14H2,1H3. The third-order valence-electron chi connectivity index (χ3n) is 4.81. The van der Waals surface area contributed by atoms with Gasteiger partial charge in [-0.1, -0.05) is 31.9 Å². The molecule has 1 N–H and O–H groups in total. The largest absolute Gasteiger partial charge is 0.494 e. The zero-order valence-corrected chi connectivity index (χ0v) is 13.1. The van der Waals surface area contributed by atoms with Crippen molar-refractivity contribution in [2.24, 2.45) is 5.41 Å². The zero-order chi connectivity index (χ0) is 14.5. The van der Waals surface area contributed by atoms with E-state index in [9.17, 15) is 0 Å². The first-order valence-electron chi connectivity index (χ1n) is 8.36. The molecule has 2 fully saturated rings. The molecular weight excluding hydrogens is 262 g/mol. The van der Waals surface area contributed by atoms with E-state index < -0.39 is 0 Å². The van der Waals surface area contributed by atoms with Gasteiger partial charge in [0, 0.05) is 18.5 Å². The topological polar surface area (TPSA) is 30.5 Å². The number of hydrogen-bond acceptors (Lipinski definition) is 3. The minimum absolute atomic E-state index is 0.171. The van der Waals surface area contributed by atoms with Crippen LogP contribution in [0.5, 0.6) is 5.75 Å². The molecule has 2 aliphatic rings. The molecule has 1 aromatic carbocycles. The van der Waals surface area contributed by atoms with E-state index in [2.05, 4.69) is 36.5 Å². The summed E-state index contributed by atoms with van der Waals surface area (Å²) in [4.78, 5) is 0. The van der Waals surface area contributed by atoms with Crippen LogP contribution in [0.25, 0.3) is 0 Å². The minimum atomic E-state index is 0.171. The van der Waals surface area contributed by atoms with E-state index >= 15 is 0 Å². The van der Waals surface area contributed by atoms with E-state index in [1.54, 1.807) is 0 Å². The summed E-state index contributed by atoms with van der Waals surface area (Å²) >= 11 is 0. The van der Waals surface area contributed by atoms with Crippen molar-refractivity contribution in [3.05, 3.63) is 29.8 Å². The molecule has 3 heteroatoms. The van der Waals surface area contributed by atoms with E-state index in [0.717, 1.165) is 38.5 Å². The van der Waals surface area contributed by atoms with Crippen LogP contribution in [0.15, 0.2) is 24.3 Å². The number of rotatable bonds is 4. The van der Waals surface area contributed by atoms with Crippen LogP contribution in [0.1, 0.15) is 50.7 Å². The molecule has 1 saturated heterocycles. The summed E-state index contributed by atoms with van der Waals surface area (Å²) in [5.74, 6) is 0.953. The molecule has 1 atom stereocenters. The van der Waals surface area contributed by atoms with Crippen molar-refractivity contribution in [2.45, 2.75) is 45.1 Å². The third kappa shape index (κ3) is 3.58. The molecule has 1 heterocycles. The summed E-state index contributed by atoms with van der Waals surface area (Å²) < 4.78 is 11.9.